The zero-order valence-corrected chi connectivity index (χ0v) is 16.1. The van der Waals surface area contributed by atoms with Crippen LogP contribution in [0.15, 0.2) is 46.7 Å². The summed E-state index contributed by atoms with van der Waals surface area (Å²) in [5.74, 6) is -0.611. The lowest BCUT2D eigenvalue weighted by atomic mass is 10.2. The van der Waals surface area contributed by atoms with E-state index >= 15 is 0 Å². The molecule has 0 radical (unpaired) electrons. The number of hydrogen-bond donors (Lipinski definition) is 0. The molecule has 1 saturated heterocycles. The first-order valence-corrected chi connectivity index (χ1v) is 9.91. The average molecular weight is 397 g/mol. The monoisotopic (exact) mass is 397 g/mol. The Morgan fingerprint density at radius 2 is 2.18 bits per heavy atom. The first kappa shape index (κ1) is 18.4. The average Bonchev–Trinajstić information content (AvgIpc) is 3.38. The highest BCUT2D eigenvalue weighted by Gasteiger charge is 2.36. The summed E-state index contributed by atoms with van der Waals surface area (Å²) >= 11 is 1.36. The molecule has 1 aliphatic rings. The number of likely N-dealkylation sites (tertiary alicyclic amines) is 1. The summed E-state index contributed by atoms with van der Waals surface area (Å²) in [6.45, 7) is 2.33. The second-order valence-electron chi connectivity index (χ2n) is 6.76. The fourth-order valence-electron chi connectivity index (χ4n) is 3.37. The number of amides is 1. The minimum absolute atomic E-state index is 0.101. The first-order valence-electron chi connectivity index (χ1n) is 9.03. The molecule has 0 bridgehead atoms. The van der Waals surface area contributed by atoms with Crippen LogP contribution in [0.5, 0.6) is 0 Å². The molecule has 0 unspecified atom stereocenters. The Morgan fingerprint density at radius 3 is 2.96 bits per heavy atom. The number of ether oxygens (including phenoxy) is 1. The summed E-state index contributed by atoms with van der Waals surface area (Å²) in [6.07, 6.45) is 3.04. The van der Waals surface area contributed by atoms with Crippen LogP contribution in [0.2, 0.25) is 0 Å². The maximum atomic E-state index is 12.6. The number of rotatable bonds is 4. The lowest BCUT2D eigenvalue weighted by Crippen LogP contribution is -2.41. The second kappa shape index (κ2) is 7.55. The van der Waals surface area contributed by atoms with Crippen LogP contribution in [-0.2, 0) is 16.1 Å². The highest BCUT2D eigenvalue weighted by atomic mass is 32.1. The van der Waals surface area contributed by atoms with Crippen LogP contribution in [0.4, 0.5) is 0 Å². The summed E-state index contributed by atoms with van der Waals surface area (Å²) in [4.78, 5) is 44.0. The number of thiophene rings is 1. The normalized spacial score (nSPS) is 16.5. The van der Waals surface area contributed by atoms with Gasteiger partial charge in [0.15, 0.2) is 0 Å². The number of nitrogens with zero attached hydrogens (tertiary/aromatic N) is 3. The molecule has 1 atom stereocenters. The summed E-state index contributed by atoms with van der Waals surface area (Å²) in [7, 11) is 0. The van der Waals surface area contributed by atoms with E-state index in [1.165, 1.54) is 21.8 Å². The van der Waals surface area contributed by atoms with Gasteiger partial charge in [0, 0.05) is 18.8 Å². The van der Waals surface area contributed by atoms with Crippen LogP contribution < -0.4 is 5.56 Å². The largest absolute Gasteiger partial charge is 0.458 e. The van der Waals surface area contributed by atoms with Crippen molar-refractivity contribution in [2.75, 3.05) is 6.54 Å². The minimum atomic E-state index is -0.598. The number of fused-ring (bicyclic) bond motifs is 1. The maximum absolute atomic E-state index is 12.6. The molecule has 3 aromatic rings. The number of carbonyl (C=O) groups is 2. The third kappa shape index (κ3) is 3.55. The van der Waals surface area contributed by atoms with Gasteiger partial charge in [-0.1, -0.05) is 12.1 Å². The zero-order valence-electron chi connectivity index (χ0n) is 15.3. The summed E-state index contributed by atoms with van der Waals surface area (Å²) in [6, 6.07) is 7.95. The van der Waals surface area contributed by atoms with Gasteiger partial charge in [0.1, 0.15) is 18.3 Å². The van der Waals surface area contributed by atoms with Gasteiger partial charge in [-0.15, -0.1) is 11.3 Å². The smallest absolute Gasteiger partial charge is 0.329 e. The van der Waals surface area contributed by atoms with Gasteiger partial charge in [0.25, 0.3) is 11.5 Å². The van der Waals surface area contributed by atoms with Gasteiger partial charge in [0.05, 0.1) is 10.6 Å². The van der Waals surface area contributed by atoms with E-state index in [0.29, 0.717) is 29.2 Å². The fourth-order valence-corrected chi connectivity index (χ4v) is 4.05. The van der Waals surface area contributed by atoms with E-state index in [-0.39, 0.29) is 18.1 Å². The molecule has 3 aromatic heterocycles. The maximum Gasteiger partial charge on any atom is 0.329 e. The Morgan fingerprint density at radius 1 is 1.32 bits per heavy atom. The van der Waals surface area contributed by atoms with E-state index < -0.39 is 12.0 Å². The van der Waals surface area contributed by atoms with E-state index in [0.717, 1.165) is 12.0 Å². The van der Waals surface area contributed by atoms with Crippen molar-refractivity contribution in [1.82, 2.24) is 14.3 Å². The quantitative estimate of drug-likeness (QED) is 0.632. The molecule has 1 fully saturated rings. The van der Waals surface area contributed by atoms with Gasteiger partial charge in [-0.05, 0) is 42.8 Å². The molecule has 0 saturated carbocycles. The molecule has 1 amide bonds. The van der Waals surface area contributed by atoms with Gasteiger partial charge in [-0.3, -0.25) is 14.0 Å². The topological polar surface area (TPSA) is 81.0 Å². The molecule has 144 valence electrons. The molecule has 7 nitrogen and oxygen atoms in total. The third-order valence-corrected chi connectivity index (χ3v) is 5.60. The highest BCUT2D eigenvalue weighted by molar-refractivity contribution is 7.12. The number of pyridine rings is 1. The molecule has 8 heteroatoms. The molecule has 0 aliphatic carbocycles. The third-order valence-electron chi connectivity index (χ3n) is 4.74. The number of aromatic nitrogens is 2. The molecule has 4 rings (SSSR count). The predicted molar refractivity (Wildman–Crippen MR) is 104 cm³/mol. The van der Waals surface area contributed by atoms with Gasteiger partial charge >= 0.3 is 5.97 Å². The van der Waals surface area contributed by atoms with E-state index in [2.05, 4.69) is 4.98 Å². The van der Waals surface area contributed by atoms with Crippen molar-refractivity contribution in [2.45, 2.75) is 32.4 Å². The number of carbonyl (C=O) groups excluding carboxylic acids is 2. The fraction of sp³-hybridized carbons (Fsp3) is 0.300. The SMILES string of the molecule is Cc1ccc2nc(COC(=O)[C@@H]3CCCN3C(=O)c3cccs3)cc(=O)n2c1. The lowest BCUT2D eigenvalue weighted by Gasteiger charge is -2.22. The Balaban J connectivity index is 1.46. The number of aryl methyl sites for hydroxylation is 1. The van der Waals surface area contributed by atoms with Crippen molar-refractivity contribution in [3.8, 4) is 0 Å². The van der Waals surface area contributed by atoms with Crippen molar-refractivity contribution in [1.29, 1.82) is 0 Å². The van der Waals surface area contributed by atoms with E-state index in [1.807, 2.05) is 24.4 Å². The summed E-state index contributed by atoms with van der Waals surface area (Å²) < 4.78 is 6.85. The Hall–Kier alpha value is -3.00. The van der Waals surface area contributed by atoms with Gasteiger partial charge in [0.2, 0.25) is 0 Å². The van der Waals surface area contributed by atoms with Crippen molar-refractivity contribution < 1.29 is 14.3 Å². The number of esters is 1. The van der Waals surface area contributed by atoms with Crippen LogP contribution in [0.25, 0.3) is 5.65 Å². The first-order chi connectivity index (χ1) is 13.5. The minimum Gasteiger partial charge on any atom is -0.458 e. The van der Waals surface area contributed by atoms with Gasteiger partial charge in [-0.25, -0.2) is 9.78 Å². The van der Waals surface area contributed by atoms with E-state index in [1.54, 1.807) is 23.2 Å². The van der Waals surface area contributed by atoms with Crippen LogP contribution in [0.3, 0.4) is 0 Å². The van der Waals surface area contributed by atoms with Crippen molar-refractivity contribution >= 4 is 28.9 Å². The van der Waals surface area contributed by atoms with Crippen molar-refractivity contribution in [2.24, 2.45) is 0 Å². The number of hydrogen-bond acceptors (Lipinski definition) is 6. The molecule has 4 heterocycles. The second-order valence-corrected chi connectivity index (χ2v) is 7.71. The lowest BCUT2D eigenvalue weighted by molar-refractivity contribution is -0.149. The van der Waals surface area contributed by atoms with Crippen molar-refractivity contribution in [3.63, 3.8) is 0 Å². The van der Waals surface area contributed by atoms with Crippen LogP contribution in [-0.4, -0.2) is 38.7 Å². The Labute approximate surface area is 165 Å². The Kier molecular flexibility index (Phi) is 4.95. The van der Waals surface area contributed by atoms with Crippen LogP contribution in [0, 0.1) is 6.92 Å². The molecule has 0 aromatic carbocycles. The Bertz CT molecular complexity index is 1090. The van der Waals surface area contributed by atoms with E-state index in [4.69, 9.17) is 4.74 Å². The predicted octanol–water partition coefficient (Wildman–Crippen LogP) is 2.41. The van der Waals surface area contributed by atoms with Crippen LogP contribution in [0.1, 0.15) is 33.8 Å². The van der Waals surface area contributed by atoms with Crippen LogP contribution >= 0.6 is 11.3 Å². The van der Waals surface area contributed by atoms with Gasteiger partial charge in [-0.2, -0.15) is 0 Å². The molecular formula is C20H19N3O4S. The summed E-state index contributed by atoms with van der Waals surface area (Å²) in [5.41, 5.74) is 1.61. The molecule has 0 spiro atoms. The molecule has 0 N–H and O–H groups in total. The van der Waals surface area contributed by atoms with E-state index in [9.17, 15) is 14.4 Å². The van der Waals surface area contributed by atoms with Gasteiger partial charge < -0.3 is 9.64 Å². The molecule has 1 aliphatic heterocycles. The molecule has 28 heavy (non-hydrogen) atoms. The zero-order chi connectivity index (χ0) is 19.7. The summed E-state index contributed by atoms with van der Waals surface area (Å²) in [5, 5.41) is 1.84. The van der Waals surface area contributed by atoms with Crippen molar-refractivity contribution in [3.05, 3.63) is 68.4 Å². The standard InChI is InChI=1S/C20H19N3O4S/c1-13-6-7-17-21-14(10-18(24)23(17)11-13)12-27-20(26)15-4-2-8-22(15)19(25)16-5-3-9-28-16/h3,5-7,9-11,15H,2,4,8,12H2,1H3/t15-/m0/s1. The molecular weight excluding hydrogens is 378 g/mol. The highest BCUT2D eigenvalue weighted by Crippen LogP contribution is 2.23.